The second-order valence-corrected chi connectivity index (χ2v) is 11.3. The Balaban J connectivity index is 4.14. The van der Waals surface area contributed by atoms with Gasteiger partial charge in [-0.25, -0.2) is 9.59 Å². The molecule has 0 amide bonds. The minimum absolute atomic E-state index is 0.0394. The lowest BCUT2D eigenvalue weighted by atomic mass is 10.5. The molecule has 0 unspecified atom stereocenters. The monoisotopic (exact) mass is 426 g/mol. The largest absolute Gasteiger partial charge is 0.503 e. The van der Waals surface area contributed by atoms with Crippen molar-refractivity contribution in [2.75, 3.05) is 55.9 Å². The third-order valence-electron chi connectivity index (χ3n) is 3.75. The Bertz CT molecular complexity index is 447. The molecule has 0 heterocycles. The van der Waals surface area contributed by atoms with Gasteiger partial charge in [-0.1, -0.05) is 0 Å². The lowest BCUT2D eigenvalue weighted by Crippen LogP contribution is -2.43. The lowest BCUT2D eigenvalue weighted by Gasteiger charge is -2.24. The SMILES string of the molecule is CO[Si](CCCOC(=O)/C=C/C(=O)OCC[Si](OC)(OC)OC)(OC)OC. The van der Waals surface area contributed by atoms with Gasteiger partial charge < -0.3 is 36.0 Å². The van der Waals surface area contributed by atoms with E-state index in [0.29, 0.717) is 18.5 Å². The fourth-order valence-corrected chi connectivity index (χ4v) is 5.24. The van der Waals surface area contributed by atoms with E-state index in [-0.39, 0.29) is 13.2 Å². The standard InChI is InChI=1S/C15H30O10Si2/c1-18-26(19-2,20-3)12-7-10-24-14(16)8-9-15(17)25-11-13-27(21-4,22-5)23-6/h8-9H,7,10-13H2,1-6H3/b9-8+. The van der Waals surface area contributed by atoms with Crippen LogP contribution in [-0.4, -0.2) is 85.4 Å². The quantitative estimate of drug-likeness (QED) is 0.161. The van der Waals surface area contributed by atoms with Gasteiger partial charge in [0, 0.05) is 60.9 Å². The maximum atomic E-state index is 11.6. The van der Waals surface area contributed by atoms with Gasteiger partial charge in [0.1, 0.15) is 0 Å². The minimum Gasteiger partial charge on any atom is -0.463 e. The molecule has 12 heteroatoms. The van der Waals surface area contributed by atoms with Crippen LogP contribution in [0.4, 0.5) is 0 Å². The molecular weight excluding hydrogens is 396 g/mol. The van der Waals surface area contributed by atoms with Crippen LogP contribution in [0.5, 0.6) is 0 Å². The van der Waals surface area contributed by atoms with Crippen molar-refractivity contribution in [1.82, 2.24) is 0 Å². The van der Waals surface area contributed by atoms with Crippen LogP contribution in [-0.2, 0) is 45.6 Å². The normalized spacial score (nSPS) is 12.4. The Hall–Kier alpha value is -1.13. The van der Waals surface area contributed by atoms with Crippen molar-refractivity contribution in [1.29, 1.82) is 0 Å². The average Bonchev–Trinajstić information content (AvgIpc) is 2.70. The van der Waals surface area contributed by atoms with Gasteiger partial charge in [0.2, 0.25) is 0 Å². The highest BCUT2D eigenvalue weighted by atomic mass is 28.4. The molecule has 0 spiro atoms. The Labute approximate surface area is 162 Å². The molecule has 0 aliphatic carbocycles. The summed E-state index contributed by atoms with van der Waals surface area (Å²) in [5.41, 5.74) is 0. The van der Waals surface area contributed by atoms with Crippen LogP contribution in [0.25, 0.3) is 0 Å². The molecule has 158 valence electrons. The van der Waals surface area contributed by atoms with Crippen molar-refractivity contribution in [3.05, 3.63) is 12.2 Å². The zero-order chi connectivity index (χ0) is 20.8. The van der Waals surface area contributed by atoms with Gasteiger partial charge in [-0.15, -0.1) is 0 Å². The van der Waals surface area contributed by atoms with Crippen molar-refractivity contribution in [2.45, 2.75) is 18.5 Å². The third kappa shape index (κ3) is 9.57. The minimum atomic E-state index is -2.80. The highest BCUT2D eigenvalue weighted by Crippen LogP contribution is 2.15. The molecule has 0 aromatic carbocycles. The molecule has 0 N–H and O–H groups in total. The summed E-state index contributed by atoms with van der Waals surface area (Å²) in [6.07, 6.45) is 2.50. The first-order valence-corrected chi connectivity index (χ1v) is 12.0. The summed E-state index contributed by atoms with van der Waals surface area (Å²) in [5.74, 6) is -1.33. The Morgan fingerprint density at radius 3 is 1.41 bits per heavy atom. The fourth-order valence-electron chi connectivity index (χ4n) is 2.08. The van der Waals surface area contributed by atoms with Crippen LogP contribution in [0.2, 0.25) is 12.1 Å². The molecule has 0 aromatic rings. The molecule has 0 fully saturated rings. The van der Waals surface area contributed by atoms with E-state index in [9.17, 15) is 9.59 Å². The van der Waals surface area contributed by atoms with Crippen LogP contribution in [0, 0.1) is 0 Å². The van der Waals surface area contributed by atoms with E-state index in [4.69, 9.17) is 36.0 Å². The summed E-state index contributed by atoms with van der Waals surface area (Å²) in [6.45, 7) is 0.185. The molecule has 0 radical (unpaired) electrons. The number of rotatable bonds is 15. The summed E-state index contributed by atoms with van der Waals surface area (Å²) in [4.78, 5) is 23.2. The maximum absolute atomic E-state index is 11.6. The topological polar surface area (TPSA) is 108 Å². The van der Waals surface area contributed by atoms with Crippen LogP contribution in [0.1, 0.15) is 6.42 Å². The molecule has 0 aromatic heterocycles. The van der Waals surface area contributed by atoms with Gasteiger partial charge in [-0.05, 0) is 6.42 Å². The number of ether oxygens (including phenoxy) is 2. The smallest absolute Gasteiger partial charge is 0.463 e. The number of hydrogen-bond donors (Lipinski definition) is 0. The number of esters is 2. The molecule has 0 atom stereocenters. The summed E-state index contributed by atoms with van der Waals surface area (Å²) < 4.78 is 41.4. The van der Waals surface area contributed by atoms with Crippen molar-refractivity contribution in [3.8, 4) is 0 Å². The first kappa shape index (κ1) is 25.9. The van der Waals surface area contributed by atoms with E-state index >= 15 is 0 Å². The second kappa shape index (κ2) is 14.0. The van der Waals surface area contributed by atoms with Crippen molar-refractivity contribution in [3.63, 3.8) is 0 Å². The summed E-state index contributed by atoms with van der Waals surface area (Å²) >= 11 is 0. The molecule has 27 heavy (non-hydrogen) atoms. The Morgan fingerprint density at radius 2 is 1.00 bits per heavy atom. The second-order valence-electron chi connectivity index (χ2n) is 5.11. The summed E-state index contributed by atoms with van der Waals surface area (Å²) in [5, 5.41) is 0. The van der Waals surface area contributed by atoms with Crippen LogP contribution in [0.15, 0.2) is 12.2 Å². The van der Waals surface area contributed by atoms with E-state index in [0.717, 1.165) is 12.2 Å². The molecule has 10 nitrogen and oxygen atoms in total. The van der Waals surface area contributed by atoms with Crippen molar-refractivity contribution >= 4 is 29.5 Å². The summed E-state index contributed by atoms with van der Waals surface area (Å²) in [6, 6.07) is 0.796. The van der Waals surface area contributed by atoms with E-state index in [2.05, 4.69) is 0 Å². The van der Waals surface area contributed by atoms with Crippen molar-refractivity contribution < 1.29 is 45.6 Å². The Kier molecular flexibility index (Phi) is 13.4. The average molecular weight is 427 g/mol. The molecular formula is C15H30O10Si2. The molecule has 0 aliphatic heterocycles. The zero-order valence-corrected chi connectivity index (χ0v) is 18.8. The lowest BCUT2D eigenvalue weighted by molar-refractivity contribution is -0.140. The molecule has 0 saturated carbocycles. The van der Waals surface area contributed by atoms with Gasteiger partial charge in [0.25, 0.3) is 0 Å². The molecule has 0 saturated heterocycles. The van der Waals surface area contributed by atoms with E-state index in [1.807, 2.05) is 0 Å². The third-order valence-corrected chi connectivity index (χ3v) is 9.26. The van der Waals surface area contributed by atoms with Gasteiger partial charge >= 0.3 is 29.5 Å². The number of carbonyl (C=O) groups is 2. The number of hydrogen-bond acceptors (Lipinski definition) is 10. The maximum Gasteiger partial charge on any atom is 0.503 e. The van der Waals surface area contributed by atoms with Gasteiger partial charge in [0.05, 0.1) is 19.3 Å². The van der Waals surface area contributed by atoms with Crippen LogP contribution >= 0.6 is 0 Å². The van der Waals surface area contributed by atoms with Crippen LogP contribution < -0.4 is 0 Å². The molecule has 0 aliphatic rings. The van der Waals surface area contributed by atoms with E-state index < -0.39 is 29.5 Å². The predicted molar refractivity (Wildman–Crippen MR) is 98.9 cm³/mol. The van der Waals surface area contributed by atoms with Gasteiger partial charge in [0.15, 0.2) is 0 Å². The van der Waals surface area contributed by atoms with Crippen LogP contribution in [0.3, 0.4) is 0 Å². The molecule has 0 rings (SSSR count). The summed E-state index contributed by atoms with van der Waals surface area (Å²) in [7, 11) is 3.47. The predicted octanol–water partition coefficient (Wildman–Crippen LogP) is 0.775. The first-order valence-electron chi connectivity index (χ1n) is 8.19. The Morgan fingerprint density at radius 1 is 0.630 bits per heavy atom. The van der Waals surface area contributed by atoms with E-state index in [1.54, 1.807) is 0 Å². The fraction of sp³-hybridized carbons (Fsp3) is 0.733. The van der Waals surface area contributed by atoms with Crippen molar-refractivity contribution in [2.24, 2.45) is 0 Å². The van der Waals surface area contributed by atoms with Gasteiger partial charge in [-0.3, -0.25) is 0 Å². The first-order chi connectivity index (χ1) is 12.9. The highest BCUT2D eigenvalue weighted by molar-refractivity contribution is 6.60. The van der Waals surface area contributed by atoms with Gasteiger partial charge in [-0.2, -0.15) is 0 Å². The molecule has 0 bridgehead atoms. The zero-order valence-electron chi connectivity index (χ0n) is 16.8. The van der Waals surface area contributed by atoms with E-state index in [1.165, 1.54) is 42.7 Å². The number of carbonyl (C=O) groups excluding carboxylic acids is 2. The highest BCUT2D eigenvalue weighted by Gasteiger charge is 2.38.